The number of hydrogen-bond acceptors (Lipinski definition) is 1. The van der Waals surface area contributed by atoms with Crippen LogP contribution in [0, 0.1) is 0 Å². The molecule has 0 N–H and O–H groups in total. The molecule has 1 heterocycles. The molecule has 1 aromatic heterocycles. The molecule has 1 heteroatoms. The van der Waals surface area contributed by atoms with Crippen LogP contribution >= 0.6 is 0 Å². The molecule has 37 heavy (non-hydrogen) atoms. The highest BCUT2D eigenvalue weighted by atomic mass is 14.6. The molecule has 0 radical (unpaired) electrons. The first-order chi connectivity index (χ1) is 18.3. The number of pyridine rings is 1. The summed E-state index contributed by atoms with van der Waals surface area (Å²) in [5, 5.41) is 5.16. The van der Waals surface area contributed by atoms with Crippen molar-refractivity contribution >= 4 is 27.6 Å². The molecule has 0 aliphatic heterocycles. The number of hydrogen-bond donors (Lipinski definition) is 0. The average Bonchev–Trinajstić information content (AvgIpc) is 2.96. The maximum Gasteiger partial charge on any atom is 0.0346 e. The van der Waals surface area contributed by atoms with Gasteiger partial charge in [-0.15, -0.1) is 0 Å². The first-order valence-corrected chi connectivity index (χ1v) is 13.0. The van der Waals surface area contributed by atoms with Crippen LogP contribution in [-0.2, 0) is 6.42 Å². The van der Waals surface area contributed by atoms with E-state index in [2.05, 4.69) is 115 Å². The predicted octanol–water partition coefficient (Wildman–Crippen LogP) is 9.74. The molecular formula is C36H27N. The summed E-state index contributed by atoms with van der Waals surface area (Å²) in [6.07, 6.45) is 8.36. The number of rotatable bonds is 3. The zero-order chi connectivity index (χ0) is 24.8. The van der Waals surface area contributed by atoms with E-state index in [9.17, 15) is 0 Å². The molecule has 1 aliphatic carbocycles. The van der Waals surface area contributed by atoms with Gasteiger partial charge in [0.15, 0.2) is 0 Å². The Bertz CT molecular complexity index is 1770. The first-order valence-electron chi connectivity index (χ1n) is 13.0. The zero-order valence-corrected chi connectivity index (χ0v) is 20.9. The second-order valence-electron chi connectivity index (χ2n) is 10.1. The van der Waals surface area contributed by atoms with Crippen molar-refractivity contribution in [1.82, 2.24) is 4.98 Å². The highest BCUT2D eigenvalue weighted by molar-refractivity contribution is 6.21. The van der Waals surface area contributed by atoms with Crippen LogP contribution in [0.2, 0.25) is 0 Å². The molecule has 1 nitrogen and oxygen atoms in total. The third kappa shape index (κ3) is 3.75. The molecule has 7 rings (SSSR count). The minimum absolute atomic E-state index is 1.11. The minimum Gasteiger partial charge on any atom is -0.264 e. The summed E-state index contributed by atoms with van der Waals surface area (Å²) in [6, 6.07) is 37.8. The van der Waals surface area contributed by atoms with E-state index >= 15 is 0 Å². The number of fused-ring (bicyclic) bond motifs is 3. The number of benzene rings is 5. The van der Waals surface area contributed by atoms with E-state index in [0.29, 0.717) is 0 Å². The molecular weight excluding hydrogens is 446 g/mol. The Morgan fingerprint density at radius 3 is 1.81 bits per heavy atom. The molecule has 0 unspecified atom stereocenters. The summed E-state index contributed by atoms with van der Waals surface area (Å²) < 4.78 is 0. The minimum atomic E-state index is 1.11. The van der Waals surface area contributed by atoms with Gasteiger partial charge in [0.05, 0.1) is 0 Å². The Morgan fingerprint density at radius 2 is 1.16 bits per heavy atom. The largest absolute Gasteiger partial charge is 0.264 e. The molecule has 0 saturated heterocycles. The maximum absolute atomic E-state index is 4.34. The predicted molar refractivity (Wildman–Crippen MR) is 158 cm³/mol. The van der Waals surface area contributed by atoms with Gasteiger partial charge in [-0.1, -0.05) is 103 Å². The van der Waals surface area contributed by atoms with Crippen molar-refractivity contribution in [2.45, 2.75) is 19.8 Å². The Labute approximate surface area is 217 Å². The molecule has 0 atom stereocenters. The summed E-state index contributed by atoms with van der Waals surface area (Å²) in [5.74, 6) is 0. The van der Waals surface area contributed by atoms with Gasteiger partial charge in [0.25, 0.3) is 0 Å². The molecule has 5 aromatic carbocycles. The van der Waals surface area contributed by atoms with Crippen molar-refractivity contribution in [3.63, 3.8) is 0 Å². The van der Waals surface area contributed by atoms with Gasteiger partial charge in [-0.25, -0.2) is 0 Å². The lowest BCUT2D eigenvalue weighted by Crippen LogP contribution is -1.98. The highest BCUT2D eigenvalue weighted by Crippen LogP contribution is 2.44. The Hall–Kier alpha value is -4.49. The van der Waals surface area contributed by atoms with E-state index in [-0.39, 0.29) is 0 Å². The van der Waals surface area contributed by atoms with Gasteiger partial charge in [0.2, 0.25) is 0 Å². The molecule has 1 aliphatic rings. The fourth-order valence-electron chi connectivity index (χ4n) is 5.93. The Balaban J connectivity index is 1.52. The number of aromatic nitrogens is 1. The molecule has 0 spiro atoms. The van der Waals surface area contributed by atoms with Crippen LogP contribution in [-0.4, -0.2) is 4.98 Å². The SMILES string of the molecule is CC1=Cc2ccc(-c3c4ccccc4c(-c4cccc(-c5cccnc5)c4)c4ccccc34)cc2CC1. The monoisotopic (exact) mass is 473 g/mol. The zero-order valence-electron chi connectivity index (χ0n) is 20.9. The highest BCUT2D eigenvalue weighted by Gasteiger charge is 2.18. The van der Waals surface area contributed by atoms with E-state index in [1.165, 1.54) is 66.1 Å². The van der Waals surface area contributed by atoms with Crippen LogP contribution in [0.4, 0.5) is 0 Å². The second kappa shape index (κ2) is 8.87. The third-order valence-corrected chi connectivity index (χ3v) is 7.70. The fourth-order valence-corrected chi connectivity index (χ4v) is 5.93. The Kier molecular flexibility index (Phi) is 5.22. The molecule has 0 amide bonds. The van der Waals surface area contributed by atoms with E-state index in [4.69, 9.17) is 0 Å². The third-order valence-electron chi connectivity index (χ3n) is 7.70. The van der Waals surface area contributed by atoms with E-state index in [0.717, 1.165) is 18.4 Å². The van der Waals surface area contributed by atoms with E-state index in [1.54, 1.807) is 0 Å². The number of allylic oxidation sites excluding steroid dienone is 1. The van der Waals surface area contributed by atoms with Crippen LogP contribution < -0.4 is 0 Å². The smallest absolute Gasteiger partial charge is 0.0346 e. The lowest BCUT2D eigenvalue weighted by atomic mass is 9.84. The van der Waals surface area contributed by atoms with Crippen LogP contribution in [0.1, 0.15) is 24.5 Å². The van der Waals surface area contributed by atoms with Crippen molar-refractivity contribution < 1.29 is 0 Å². The van der Waals surface area contributed by atoms with Crippen molar-refractivity contribution in [3.05, 3.63) is 132 Å². The number of aryl methyl sites for hydroxylation is 1. The lowest BCUT2D eigenvalue weighted by molar-refractivity contribution is 0.928. The Morgan fingerprint density at radius 1 is 0.541 bits per heavy atom. The average molecular weight is 474 g/mol. The standard InChI is InChI=1S/C36H27N/c1-24-15-16-27-22-29(18-17-26(27)20-24)36-33-13-4-2-11-31(33)35(32-12-3-5-14-34(32)36)28-9-6-8-25(21-28)30-10-7-19-37-23-30/h2-14,17-23H,15-16H2,1H3. The summed E-state index contributed by atoms with van der Waals surface area (Å²) >= 11 is 0. The van der Waals surface area contributed by atoms with Crippen LogP contribution in [0.15, 0.2) is 121 Å². The summed E-state index contributed by atoms with van der Waals surface area (Å²) in [6.45, 7) is 2.24. The quantitative estimate of drug-likeness (QED) is 0.233. The van der Waals surface area contributed by atoms with Crippen molar-refractivity contribution in [2.75, 3.05) is 0 Å². The second-order valence-corrected chi connectivity index (χ2v) is 10.1. The van der Waals surface area contributed by atoms with Crippen LogP contribution in [0.25, 0.3) is 61.0 Å². The van der Waals surface area contributed by atoms with Crippen LogP contribution in [0.5, 0.6) is 0 Å². The van der Waals surface area contributed by atoms with Gasteiger partial charge in [0, 0.05) is 18.0 Å². The van der Waals surface area contributed by atoms with Crippen molar-refractivity contribution in [1.29, 1.82) is 0 Å². The van der Waals surface area contributed by atoms with Crippen molar-refractivity contribution in [3.8, 4) is 33.4 Å². The van der Waals surface area contributed by atoms with Gasteiger partial charge in [-0.2, -0.15) is 0 Å². The normalized spacial score (nSPS) is 12.9. The molecule has 6 aromatic rings. The molecule has 0 saturated carbocycles. The first kappa shape index (κ1) is 21.8. The maximum atomic E-state index is 4.34. The molecule has 176 valence electrons. The fraction of sp³-hybridized carbons (Fsp3) is 0.0833. The lowest BCUT2D eigenvalue weighted by Gasteiger charge is -2.20. The number of nitrogens with zero attached hydrogens (tertiary/aromatic N) is 1. The molecule has 0 bridgehead atoms. The summed E-state index contributed by atoms with van der Waals surface area (Å²) in [7, 11) is 0. The van der Waals surface area contributed by atoms with E-state index in [1.807, 2.05) is 18.5 Å². The van der Waals surface area contributed by atoms with Gasteiger partial charge in [-0.05, 0) is 92.4 Å². The summed E-state index contributed by atoms with van der Waals surface area (Å²) in [4.78, 5) is 4.34. The van der Waals surface area contributed by atoms with Crippen molar-refractivity contribution in [2.24, 2.45) is 0 Å². The summed E-state index contributed by atoms with van der Waals surface area (Å²) in [5.41, 5.74) is 11.7. The van der Waals surface area contributed by atoms with E-state index < -0.39 is 0 Å². The molecule has 0 fully saturated rings. The van der Waals surface area contributed by atoms with Gasteiger partial charge < -0.3 is 0 Å². The topological polar surface area (TPSA) is 12.9 Å². The van der Waals surface area contributed by atoms with Gasteiger partial charge in [-0.3, -0.25) is 4.98 Å². The van der Waals surface area contributed by atoms with Gasteiger partial charge in [0.1, 0.15) is 0 Å². The van der Waals surface area contributed by atoms with Gasteiger partial charge >= 0.3 is 0 Å². The van der Waals surface area contributed by atoms with Crippen LogP contribution in [0.3, 0.4) is 0 Å².